The Balaban J connectivity index is 2.48. The number of nitrogens with zero attached hydrogens (tertiary/aromatic N) is 2. The van der Waals surface area contributed by atoms with Crippen molar-refractivity contribution in [2.24, 2.45) is 0 Å². The van der Waals surface area contributed by atoms with E-state index in [9.17, 15) is 4.39 Å². The molecule has 0 atom stereocenters. The van der Waals surface area contributed by atoms with Crippen LogP contribution in [0.25, 0.3) is 11.4 Å². The summed E-state index contributed by atoms with van der Waals surface area (Å²) in [5.74, 6) is 0.521. The molecule has 78 valence electrons. The number of aromatic nitrogens is 2. The molecule has 0 amide bonds. The van der Waals surface area contributed by atoms with Crippen molar-refractivity contribution < 1.29 is 8.91 Å². The van der Waals surface area contributed by atoms with Gasteiger partial charge in [0.25, 0.3) is 0 Å². The molecule has 5 heteroatoms. The Hall–Kier alpha value is -1.42. The third-order valence-corrected chi connectivity index (χ3v) is 2.25. The molecule has 15 heavy (non-hydrogen) atoms. The first kappa shape index (κ1) is 10.1. The summed E-state index contributed by atoms with van der Waals surface area (Å²) in [6.45, 7) is 1.85. The maximum atomic E-state index is 13.0. The highest BCUT2D eigenvalue weighted by Crippen LogP contribution is 2.21. The van der Waals surface area contributed by atoms with Crippen LogP contribution < -0.4 is 0 Å². The summed E-state index contributed by atoms with van der Waals surface area (Å²) < 4.78 is 17.9. The zero-order chi connectivity index (χ0) is 10.8. The number of benzene rings is 1. The molecule has 0 aliphatic carbocycles. The van der Waals surface area contributed by atoms with Crippen molar-refractivity contribution >= 4 is 11.6 Å². The smallest absolute Gasteiger partial charge is 0.241 e. The van der Waals surface area contributed by atoms with E-state index >= 15 is 0 Å². The molecule has 0 radical (unpaired) electrons. The van der Waals surface area contributed by atoms with Crippen LogP contribution in [0, 0.1) is 12.7 Å². The Morgan fingerprint density at radius 3 is 2.93 bits per heavy atom. The van der Waals surface area contributed by atoms with E-state index in [0.717, 1.165) is 5.56 Å². The first-order valence-corrected chi connectivity index (χ1v) is 4.89. The summed E-state index contributed by atoms with van der Waals surface area (Å²) in [5, 5.41) is 3.72. The molecule has 0 spiro atoms. The van der Waals surface area contributed by atoms with Gasteiger partial charge in [-0.3, -0.25) is 0 Å². The second-order valence-electron chi connectivity index (χ2n) is 3.10. The average molecular weight is 227 g/mol. The van der Waals surface area contributed by atoms with Crippen molar-refractivity contribution in [2.45, 2.75) is 12.8 Å². The highest BCUT2D eigenvalue weighted by molar-refractivity contribution is 6.16. The molecule has 2 aromatic rings. The SMILES string of the molecule is Cc1ccc(F)cc1-c1noc(CCl)n1. The normalized spacial score (nSPS) is 10.6. The van der Waals surface area contributed by atoms with Gasteiger partial charge in [-0.05, 0) is 24.6 Å². The first-order chi connectivity index (χ1) is 7.20. The number of rotatable bonds is 2. The number of alkyl halides is 1. The number of hydrogen-bond donors (Lipinski definition) is 0. The van der Waals surface area contributed by atoms with E-state index in [0.29, 0.717) is 17.3 Å². The summed E-state index contributed by atoms with van der Waals surface area (Å²) in [6, 6.07) is 4.43. The Bertz CT molecular complexity index is 484. The van der Waals surface area contributed by atoms with Crippen LogP contribution in [-0.2, 0) is 5.88 Å². The van der Waals surface area contributed by atoms with E-state index in [1.54, 1.807) is 6.07 Å². The summed E-state index contributed by atoms with van der Waals surface area (Å²) in [5.41, 5.74) is 1.51. The Kier molecular flexibility index (Phi) is 2.68. The molecule has 1 aromatic carbocycles. The van der Waals surface area contributed by atoms with Gasteiger partial charge in [0.05, 0.1) is 0 Å². The maximum absolute atomic E-state index is 13.0. The number of hydrogen-bond acceptors (Lipinski definition) is 3. The van der Waals surface area contributed by atoms with Crippen LogP contribution in [0.3, 0.4) is 0 Å². The number of halogens is 2. The van der Waals surface area contributed by atoms with Gasteiger partial charge in [0.2, 0.25) is 11.7 Å². The summed E-state index contributed by atoms with van der Waals surface area (Å²) in [6.07, 6.45) is 0. The fourth-order valence-electron chi connectivity index (χ4n) is 1.25. The molecular weight excluding hydrogens is 219 g/mol. The minimum absolute atomic E-state index is 0.154. The van der Waals surface area contributed by atoms with Gasteiger partial charge < -0.3 is 4.52 Å². The number of aryl methyl sites for hydroxylation is 1. The van der Waals surface area contributed by atoms with Crippen molar-refractivity contribution in [1.82, 2.24) is 10.1 Å². The molecular formula is C10H8ClFN2O. The fourth-order valence-corrected chi connectivity index (χ4v) is 1.36. The first-order valence-electron chi connectivity index (χ1n) is 4.36. The summed E-state index contributed by atoms with van der Waals surface area (Å²) in [4.78, 5) is 4.02. The highest BCUT2D eigenvalue weighted by Gasteiger charge is 2.10. The molecule has 0 aliphatic rings. The molecule has 1 aromatic heterocycles. The van der Waals surface area contributed by atoms with Gasteiger partial charge in [0.15, 0.2) is 0 Å². The van der Waals surface area contributed by atoms with Crippen molar-refractivity contribution in [2.75, 3.05) is 0 Å². The van der Waals surface area contributed by atoms with Gasteiger partial charge in [-0.2, -0.15) is 4.98 Å². The van der Waals surface area contributed by atoms with E-state index in [1.807, 2.05) is 6.92 Å². The molecule has 0 N–H and O–H groups in total. The maximum Gasteiger partial charge on any atom is 0.241 e. The van der Waals surface area contributed by atoms with Gasteiger partial charge in [0.1, 0.15) is 11.7 Å². The molecule has 3 nitrogen and oxygen atoms in total. The zero-order valence-corrected chi connectivity index (χ0v) is 8.75. The minimum Gasteiger partial charge on any atom is -0.338 e. The van der Waals surface area contributed by atoms with Crippen molar-refractivity contribution in [3.8, 4) is 11.4 Å². The van der Waals surface area contributed by atoms with Crippen LogP contribution in [0.2, 0.25) is 0 Å². The lowest BCUT2D eigenvalue weighted by Gasteiger charge is -1.99. The molecule has 0 unspecified atom stereocenters. The topological polar surface area (TPSA) is 38.9 Å². The van der Waals surface area contributed by atoms with Crippen LogP contribution in [0.5, 0.6) is 0 Å². The Morgan fingerprint density at radius 1 is 1.47 bits per heavy atom. The summed E-state index contributed by atoms with van der Waals surface area (Å²) in [7, 11) is 0. The largest absolute Gasteiger partial charge is 0.338 e. The predicted octanol–water partition coefficient (Wildman–Crippen LogP) is 2.92. The standard InChI is InChI=1S/C10H8ClFN2O/c1-6-2-3-7(12)4-8(6)10-13-9(5-11)15-14-10/h2-4H,5H2,1H3. The van der Waals surface area contributed by atoms with Gasteiger partial charge in [-0.1, -0.05) is 11.2 Å². The van der Waals surface area contributed by atoms with Crippen LogP contribution in [0.4, 0.5) is 4.39 Å². The van der Waals surface area contributed by atoms with Crippen LogP contribution in [0.15, 0.2) is 22.7 Å². The minimum atomic E-state index is -0.326. The Labute approximate surface area is 90.9 Å². The van der Waals surface area contributed by atoms with Gasteiger partial charge in [-0.25, -0.2) is 4.39 Å². The lowest BCUT2D eigenvalue weighted by Crippen LogP contribution is -1.87. The average Bonchev–Trinajstić information content (AvgIpc) is 2.70. The quantitative estimate of drug-likeness (QED) is 0.739. The second kappa shape index (κ2) is 3.98. The lowest BCUT2D eigenvalue weighted by atomic mass is 10.1. The second-order valence-corrected chi connectivity index (χ2v) is 3.37. The van der Waals surface area contributed by atoms with E-state index in [-0.39, 0.29) is 11.7 Å². The molecule has 0 saturated carbocycles. The van der Waals surface area contributed by atoms with Crippen LogP contribution in [0.1, 0.15) is 11.5 Å². The molecule has 0 fully saturated rings. The van der Waals surface area contributed by atoms with E-state index in [1.165, 1.54) is 12.1 Å². The molecule has 2 rings (SSSR count). The van der Waals surface area contributed by atoms with Crippen molar-refractivity contribution in [1.29, 1.82) is 0 Å². The van der Waals surface area contributed by atoms with Crippen LogP contribution >= 0.6 is 11.6 Å². The van der Waals surface area contributed by atoms with E-state index in [4.69, 9.17) is 16.1 Å². The predicted molar refractivity (Wildman–Crippen MR) is 54.0 cm³/mol. The monoisotopic (exact) mass is 226 g/mol. The Morgan fingerprint density at radius 2 is 2.27 bits per heavy atom. The van der Waals surface area contributed by atoms with E-state index < -0.39 is 0 Å². The molecule has 0 saturated heterocycles. The van der Waals surface area contributed by atoms with Gasteiger partial charge >= 0.3 is 0 Å². The zero-order valence-electron chi connectivity index (χ0n) is 8.00. The molecule has 0 bridgehead atoms. The van der Waals surface area contributed by atoms with Crippen LogP contribution in [-0.4, -0.2) is 10.1 Å². The third kappa shape index (κ3) is 1.99. The van der Waals surface area contributed by atoms with Gasteiger partial charge in [0, 0.05) is 5.56 Å². The van der Waals surface area contributed by atoms with Crippen molar-refractivity contribution in [3.05, 3.63) is 35.5 Å². The molecule has 0 aliphatic heterocycles. The third-order valence-electron chi connectivity index (χ3n) is 2.02. The van der Waals surface area contributed by atoms with Crippen molar-refractivity contribution in [3.63, 3.8) is 0 Å². The highest BCUT2D eigenvalue weighted by atomic mass is 35.5. The van der Waals surface area contributed by atoms with E-state index in [2.05, 4.69) is 10.1 Å². The summed E-state index contributed by atoms with van der Waals surface area (Å²) >= 11 is 5.53. The lowest BCUT2D eigenvalue weighted by molar-refractivity contribution is 0.391. The van der Waals surface area contributed by atoms with Gasteiger partial charge in [-0.15, -0.1) is 11.6 Å². The molecule has 1 heterocycles. The fraction of sp³-hybridized carbons (Fsp3) is 0.200.